The summed E-state index contributed by atoms with van der Waals surface area (Å²) in [6.07, 6.45) is 1.96. The summed E-state index contributed by atoms with van der Waals surface area (Å²) >= 11 is 1.40. The van der Waals surface area contributed by atoms with E-state index in [2.05, 4.69) is 18.2 Å². The van der Waals surface area contributed by atoms with Gasteiger partial charge < -0.3 is 9.47 Å². The van der Waals surface area contributed by atoms with E-state index in [1.54, 1.807) is 0 Å². The number of nitrogens with one attached hydrogen (secondary N) is 1. The fourth-order valence-electron chi connectivity index (χ4n) is 4.54. The predicted molar refractivity (Wildman–Crippen MR) is 83.4 cm³/mol. The highest BCUT2D eigenvalue weighted by atomic mass is 32.1. The quantitative estimate of drug-likeness (QED) is 0.844. The summed E-state index contributed by atoms with van der Waals surface area (Å²) in [7, 11) is 0. The first kappa shape index (κ1) is 15.1. The van der Waals surface area contributed by atoms with Crippen LogP contribution in [0.5, 0.6) is 0 Å². The number of nitrogens with zero attached hydrogens (tertiary/aromatic N) is 3. The van der Waals surface area contributed by atoms with Crippen LogP contribution in [0.1, 0.15) is 36.7 Å². The fraction of sp³-hybridized carbons (Fsp3) is 0.529. The molecule has 7 heteroatoms. The van der Waals surface area contributed by atoms with Gasteiger partial charge in [-0.1, -0.05) is 12.5 Å². The highest BCUT2D eigenvalue weighted by Gasteiger charge is 2.80. The molecule has 1 spiro atoms. The molecule has 5 rings (SSSR count). The minimum Gasteiger partial charge on any atom is -0.447 e. The molecule has 4 heterocycles. The molecule has 1 aromatic heterocycles. The van der Waals surface area contributed by atoms with Gasteiger partial charge in [0.15, 0.2) is 10.8 Å². The molecule has 0 radical (unpaired) electrons. The van der Waals surface area contributed by atoms with E-state index >= 15 is 0 Å². The van der Waals surface area contributed by atoms with Gasteiger partial charge in [0.05, 0.1) is 24.1 Å². The molecule has 1 saturated carbocycles. The van der Waals surface area contributed by atoms with E-state index in [0.717, 1.165) is 17.7 Å². The number of hydrogen-bond donors (Lipinski definition) is 1. The maximum absolute atomic E-state index is 10.0. The fourth-order valence-corrected chi connectivity index (χ4v) is 5.36. The van der Waals surface area contributed by atoms with Crippen molar-refractivity contribution in [1.82, 2.24) is 0 Å². The Hall–Kier alpha value is -2.40. The van der Waals surface area contributed by atoms with E-state index in [9.17, 15) is 15.8 Å². The zero-order valence-corrected chi connectivity index (χ0v) is 13.6. The van der Waals surface area contributed by atoms with Gasteiger partial charge in [-0.3, -0.25) is 5.41 Å². The molecule has 4 atom stereocenters. The summed E-state index contributed by atoms with van der Waals surface area (Å²) < 4.78 is 12.1. The lowest BCUT2D eigenvalue weighted by atomic mass is 9.49. The van der Waals surface area contributed by atoms with E-state index in [1.165, 1.54) is 11.3 Å². The normalized spacial score (nSPS) is 39.0. The van der Waals surface area contributed by atoms with Crippen LogP contribution in [0.4, 0.5) is 0 Å². The first-order valence-corrected chi connectivity index (χ1v) is 8.71. The molecule has 0 unspecified atom stereocenters. The van der Waals surface area contributed by atoms with Crippen LogP contribution in [0.15, 0.2) is 17.5 Å². The van der Waals surface area contributed by atoms with Gasteiger partial charge in [0.1, 0.15) is 6.10 Å². The summed E-state index contributed by atoms with van der Waals surface area (Å²) in [5, 5.41) is 40.3. The number of rotatable bonds is 1. The van der Waals surface area contributed by atoms with Gasteiger partial charge in [-0.15, -0.1) is 11.3 Å². The Morgan fingerprint density at radius 2 is 2.00 bits per heavy atom. The maximum atomic E-state index is 10.0. The zero-order valence-electron chi connectivity index (χ0n) is 12.8. The standard InChI is InChI=1S/C17H14N4O2S/c18-8-15(9-19)12-5-1-2-6-17(12)22-13(11-4-3-7-24-11)16(15,10-20)14(21)23-17/h3-4,7,12-13,21H,1-2,5-6H2/t12-,13-,16-,17-/m1/s1. The Morgan fingerprint density at radius 1 is 1.21 bits per heavy atom. The van der Waals surface area contributed by atoms with Crippen molar-refractivity contribution < 1.29 is 9.47 Å². The van der Waals surface area contributed by atoms with E-state index in [4.69, 9.17) is 14.9 Å². The molecule has 4 aliphatic rings. The van der Waals surface area contributed by atoms with Crippen LogP contribution in [-0.4, -0.2) is 11.7 Å². The second-order valence-corrected chi connectivity index (χ2v) is 7.49. The lowest BCUT2D eigenvalue weighted by Gasteiger charge is -2.63. The molecule has 24 heavy (non-hydrogen) atoms. The monoisotopic (exact) mass is 338 g/mol. The van der Waals surface area contributed by atoms with Crippen molar-refractivity contribution >= 4 is 17.2 Å². The van der Waals surface area contributed by atoms with Crippen molar-refractivity contribution in [2.75, 3.05) is 0 Å². The van der Waals surface area contributed by atoms with Crippen molar-refractivity contribution in [3.05, 3.63) is 22.4 Å². The molecule has 1 N–H and O–H groups in total. The SMILES string of the molecule is N#CC1(C#N)[C@H]2CCCC[C@@]23OC(=N)[C@@]1(C#N)[C@@H](c1cccs1)O3. The first-order valence-electron chi connectivity index (χ1n) is 7.83. The van der Waals surface area contributed by atoms with Crippen LogP contribution in [-0.2, 0) is 9.47 Å². The topological polar surface area (TPSA) is 114 Å². The molecule has 120 valence electrons. The Labute approximate surface area is 143 Å². The Morgan fingerprint density at radius 3 is 2.62 bits per heavy atom. The Bertz CT molecular complexity index is 816. The Kier molecular flexibility index (Phi) is 3.03. The summed E-state index contributed by atoms with van der Waals surface area (Å²) in [6, 6.07) is 10.0. The van der Waals surface area contributed by atoms with E-state index in [0.29, 0.717) is 12.8 Å². The number of hydrogen-bond acceptors (Lipinski definition) is 7. The van der Waals surface area contributed by atoms with Crippen molar-refractivity contribution in [2.45, 2.75) is 37.6 Å². The van der Waals surface area contributed by atoms with E-state index in [-0.39, 0.29) is 5.90 Å². The van der Waals surface area contributed by atoms with Crippen LogP contribution >= 0.6 is 11.3 Å². The highest BCUT2D eigenvalue weighted by molar-refractivity contribution is 7.10. The van der Waals surface area contributed by atoms with Crippen molar-refractivity contribution in [3.63, 3.8) is 0 Å². The third-order valence-electron chi connectivity index (χ3n) is 5.62. The van der Waals surface area contributed by atoms with Gasteiger partial charge in [-0.25, -0.2) is 0 Å². The summed E-state index contributed by atoms with van der Waals surface area (Å²) in [4.78, 5) is 0.739. The third kappa shape index (κ3) is 1.44. The van der Waals surface area contributed by atoms with E-state index < -0.39 is 28.6 Å². The smallest absolute Gasteiger partial charge is 0.218 e. The van der Waals surface area contributed by atoms with Crippen LogP contribution in [0, 0.1) is 56.2 Å². The largest absolute Gasteiger partial charge is 0.447 e. The van der Waals surface area contributed by atoms with Gasteiger partial charge in [0.2, 0.25) is 11.7 Å². The minimum absolute atomic E-state index is 0.309. The molecule has 6 nitrogen and oxygen atoms in total. The van der Waals surface area contributed by atoms with Gasteiger partial charge >= 0.3 is 0 Å². The number of fused-ring (bicyclic) bond motifs is 2. The molecule has 2 bridgehead atoms. The molecule has 3 saturated heterocycles. The average molecular weight is 338 g/mol. The van der Waals surface area contributed by atoms with Crippen LogP contribution in [0.2, 0.25) is 0 Å². The van der Waals surface area contributed by atoms with Gasteiger partial charge in [-0.2, -0.15) is 15.8 Å². The molecule has 3 aliphatic heterocycles. The highest BCUT2D eigenvalue weighted by Crippen LogP contribution is 2.69. The molecule has 0 amide bonds. The van der Waals surface area contributed by atoms with Crippen LogP contribution in [0.3, 0.4) is 0 Å². The summed E-state index contributed by atoms with van der Waals surface area (Å²) in [5.74, 6) is -2.00. The third-order valence-corrected chi connectivity index (χ3v) is 6.53. The zero-order chi connectivity index (χ0) is 17.0. The minimum atomic E-state index is -1.74. The number of thiophene rings is 1. The molecule has 4 fully saturated rings. The van der Waals surface area contributed by atoms with Crippen LogP contribution in [0.25, 0.3) is 0 Å². The van der Waals surface area contributed by atoms with Crippen molar-refractivity contribution in [3.8, 4) is 18.2 Å². The molecular weight excluding hydrogens is 324 g/mol. The molecular formula is C17H14N4O2S. The van der Waals surface area contributed by atoms with Gasteiger partial charge in [0, 0.05) is 11.3 Å². The lowest BCUT2D eigenvalue weighted by molar-refractivity contribution is -0.360. The summed E-state index contributed by atoms with van der Waals surface area (Å²) in [5.41, 5.74) is -3.39. The molecule has 1 aliphatic carbocycles. The van der Waals surface area contributed by atoms with Crippen molar-refractivity contribution in [1.29, 1.82) is 21.2 Å². The number of nitriles is 3. The van der Waals surface area contributed by atoms with Crippen LogP contribution < -0.4 is 0 Å². The predicted octanol–water partition coefficient (Wildman–Crippen LogP) is 3.26. The molecule has 0 aromatic carbocycles. The van der Waals surface area contributed by atoms with Gasteiger partial charge in [0.25, 0.3) is 0 Å². The molecule has 1 aromatic rings. The van der Waals surface area contributed by atoms with Gasteiger partial charge in [-0.05, 0) is 24.3 Å². The first-order chi connectivity index (χ1) is 11.6. The second-order valence-electron chi connectivity index (χ2n) is 6.51. The van der Waals surface area contributed by atoms with E-state index in [1.807, 2.05) is 17.5 Å². The lowest BCUT2D eigenvalue weighted by Crippen LogP contribution is -2.73. The number of ether oxygens (including phenoxy) is 2. The second kappa shape index (κ2) is 4.80. The van der Waals surface area contributed by atoms with Crippen molar-refractivity contribution in [2.24, 2.45) is 16.7 Å². The average Bonchev–Trinajstić information content (AvgIpc) is 3.14. The maximum Gasteiger partial charge on any atom is 0.218 e. The Balaban J connectivity index is 2.03. The summed E-state index contributed by atoms with van der Waals surface area (Å²) in [6.45, 7) is 0.